The van der Waals surface area contributed by atoms with Gasteiger partial charge in [-0.25, -0.2) is 9.59 Å². The number of hydrogen-bond acceptors (Lipinski definition) is 3. The van der Waals surface area contributed by atoms with Crippen LogP contribution in [0.5, 0.6) is 0 Å². The Labute approximate surface area is 112 Å². The van der Waals surface area contributed by atoms with E-state index in [9.17, 15) is 27.6 Å². The molecule has 0 saturated carbocycles. The zero-order chi connectivity index (χ0) is 16.1. The van der Waals surface area contributed by atoms with Gasteiger partial charge in [-0.1, -0.05) is 0 Å². The van der Waals surface area contributed by atoms with Crippen LogP contribution < -0.4 is 5.32 Å². The largest absolute Gasteiger partial charge is 0.481 e. The van der Waals surface area contributed by atoms with Crippen LogP contribution >= 0.6 is 0 Å². The van der Waals surface area contributed by atoms with Crippen LogP contribution in [0.3, 0.4) is 0 Å². The molecule has 1 unspecified atom stereocenters. The van der Waals surface area contributed by atoms with Gasteiger partial charge in [0.25, 0.3) is 0 Å². The van der Waals surface area contributed by atoms with E-state index in [1.807, 2.05) is 0 Å². The number of amides is 2. The van der Waals surface area contributed by atoms with Gasteiger partial charge < -0.3 is 20.4 Å². The molecule has 0 aliphatic carbocycles. The van der Waals surface area contributed by atoms with Gasteiger partial charge in [0.05, 0.1) is 6.42 Å². The summed E-state index contributed by atoms with van der Waals surface area (Å²) in [5.74, 6) is -3.14. The maximum absolute atomic E-state index is 12.3. The molecule has 10 heteroatoms. The Morgan fingerprint density at radius 3 is 2.00 bits per heavy atom. The maximum atomic E-state index is 12.3. The lowest BCUT2D eigenvalue weighted by Gasteiger charge is -2.29. The second-order valence-corrected chi connectivity index (χ2v) is 4.28. The van der Waals surface area contributed by atoms with E-state index in [1.165, 1.54) is 13.8 Å². The SMILES string of the molecule is CC(C)N(CC(F)(F)F)C(=O)NC(CC(=O)O)C(=O)O. The van der Waals surface area contributed by atoms with Gasteiger partial charge in [0.2, 0.25) is 0 Å². The van der Waals surface area contributed by atoms with Gasteiger partial charge >= 0.3 is 24.1 Å². The summed E-state index contributed by atoms with van der Waals surface area (Å²) in [4.78, 5) is 33.1. The van der Waals surface area contributed by atoms with Crippen LogP contribution in [-0.4, -0.2) is 57.9 Å². The Hall–Kier alpha value is -2.00. The van der Waals surface area contributed by atoms with Gasteiger partial charge in [0.15, 0.2) is 0 Å². The van der Waals surface area contributed by atoms with Crippen molar-refractivity contribution >= 4 is 18.0 Å². The van der Waals surface area contributed by atoms with Gasteiger partial charge in [-0.15, -0.1) is 0 Å². The molecule has 0 aliphatic rings. The van der Waals surface area contributed by atoms with Crippen molar-refractivity contribution in [1.82, 2.24) is 10.2 Å². The van der Waals surface area contributed by atoms with Gasteiger partial charge in [-0.2, -0.15) is 13.2 Å². The average Bonchev–Trinajstić information content (AvgIpc) is 2.22. The molecule has 0 aromatic carbocycles. The summed E-state index contributed by atoms with van der Waals surface area (Å²) in [6.45, 7) is 1.08. The van der Waals surface area contributed by atoms with Crippen LogP contribution in [0, 0.1) is 0 Å². The van der Waals surface area contributed by atoms with Crippen molar-refractivity contribution < 1.29 is 37.8 Å². The van der Waals surface area contributed by atoms with E-state index in [-0.39, 0.29) is 0 Å². The highest BCUT2D eigenvalue weighted by atomic mass is 19.4. The molecule has 3 N–H and O–H groups in total. The fourth-order valence-electron chi connectivity index (χ4n) is 1.29. The van der Waals surface area contributed by atoms with Gasteiger partial charge in [-0.3, -0.25) is 4.79 Å². The van der Waals surface area contributed by atoms with Crippen molar-refractivity contribution in [2.45, 2.75) is 38.5 Å². The number of carbonyl (C=O) groups is 3. The van der Waals surface area contributed by atoms with Crippen LogP contribution in [0.25, 0.3) is 0 Å². The standard InChI is InChI=1S/C10H15F3N2O5/c1-5(2)15(4-10(11,12)13)9(20)14-6(8(18)19)3-7(16)17/h5-6H,3-4H2,1-2H3,(H,14,20)(H,16,17)(H,18,19). The molecule has 0 fully saturated rings. The highest BCUT2D eigenvalue weighted by molar-refractivity contribution is 5.86. The molecule has 2 amide bonds. The second kappa shape index (κ2) is 6.96. The fourth-order valence-corrected chi connectivity index (χ4v) is 1.29. The Morgan fingerprint density at radius 2 is 1.70 bits per heavy atom. The molecular formula is C10H15F3N2O5. The average molecular weight is 300 g/mol. The minimum atomic E-state index is -4.65. The predicted molar refractivity (Wildman–Crippen MR) is 60.1 cm³/mol. The normalized spacial score (nSPS) is 12.9. The summed E-state index contributed by atoms with van der Waals surface area (Å²) in [5.41, 5.74) is 0. The lowest BCUT2D eigenvalue weighted by molar-refractivity contribution is -0.146. The Morgan fingerprint density at radius 1 is 1.20 bits per heavy atom. The Kier molecular flexibility index (Phi) is 6.27. The maximum Gasteiger partial charge on any atom is 0.406 e. The summed E-state index contributed by atoms with van der Waals surface area (Å²) in [5, 5.41) is 18.9. The summed E-state index contributed by atoms with van der Waals surface area (Å²) in [7, 11) is 0. The van der Waals surface area contributed by atoms with Gasteiger partial charge in [-0.05, 0) is 13.8 Å². The Bertz CT molecular complexity index is 384. The summed E-state index contributed by atoms with van der Waals surface area (Å²) in [6, 6.07) is -3.92. The highest BCUT2D eigenvalue weighted by Gasteiger charge is 2.35. The number of alkyl halides is 3. The number of carbonyl (C=O) groups excluding carboxylic acids is 1. The van der Waals surface area contributed by atoms with E-state index in [1.54, 1.807) is 5.32 Å². The van der Waals surface area contributed by atoms with Crippen molar-refractivity contribution in [2.24, 2.45) is 0 Å². The minimum Gasteiger partial charge on any atom is -0.481 e. The zero-order valence-corrected chi connectivity index (χ0v) is 10.8. The number of aliphatic carboxylic acids is 2. The van der Waals surface area contributed by atoms with Crippen molar-refractivity contribution in [3.8, 4) is 0 Å². The first-order chi connectivity index (χ1) is 8.94. The van der Waals surface area contributed by atoms with Crippen molar-refractivity contribution in [3.05, 3.63) is 0 Å². The second-order valence-electron chi connectivity index (χ2n) is 4.28. The summed E-state index contributed by atoms with van der Waals surface area (Å²) < 4.78 is 36.9. The molecule has 116 valence electrons. The molecule has 0 saturated heterocycles. The monoisotopic (exact) mass is 300 g/mol. The van der Waals surface area contributed by atoms with Crippen molar-refractivity contribution in [3.63, 3.8) is 0 Å². The van der Waals surface area contributed by atoms with E-state index in [0.717, 1.165) is 0 Å². The first-order valence-electron chi connectivity index (χ1n) is 5.52. The third kappa shape index (κ3) is 6.81. The first-order valence-corrected chi connectivity index (χ1v) is 5.52. The number of hydrogen-bond donors (Lipinski definition) is 3. The van der Waals surface area contributed by atoms with Crippen LogP contribution in [0.15, 0.2) is 0 Å². The smallest absolute Gasteiger partial charge is 0.406 e. The molecule has 0 rings (SSSR count). The molecule has 0 spiro atoms. The first kappa shape index (κ1) is 18.0. The molecule has 0 bridgehead atoms. The lowest BCUT2D eigenvalue weighted by atomic mass is 10.2. The molecule has 0 radical (unpaired) electrons. The van der Waals surface area contributed by atoms with Crippen LogP contribution in [0.1, 0.15) is 20.3 Å². The topological polar surface area (TPSA) is 107 Å². The number of carboxylic acid groups (broad SMARTS) is 2. The predicted octanol–water partition coefficient (Wildman–Crippen LogP) is 0.897. The summed E-state index contributed by atoms with van der Waals surface area (Å²) >= 11 is 0. The third-order valence-electron chi connectivity index (χ3n) is 2.21. The highest BCUT2D eigenvalue weighted by Crippen LogP contribution is 2.18. The number of nitrogens with one attached hydrogen (secondary N) is 1. The van der Waals surface area contributed by atoms with Crippen LogP contribution in [0.4, 0.5) is 18.0 Å². The fraction of sp³-hybridized carbons (Fsp3) is 0.700. The quantitative estimate of drug-likeness (QED) is 0.675. The lowest BCUT2D eigenvalue weighted by Crippen LogP contribution is -2.53. The van der Waals surface area contributed by atoms with Gasteiger partial charge in [0, 0.05) is 6.04 Å². The molecule has 7 nitrogen and oxygen atoms in total. The van der Waals surface area contributed by atoms with Crippen LogP contribution in [0.2, 0.25) is 0 Å². The number of halogens is 3. The van der Waals surface area contributed by atoms with Crippen LogP contribution in [-0.2, 0) is 9.59 Å². The van der Waals surface area contributed by atoms with Crippen molar-refractivity contribution in [1.29, 1.82) is 0 Å². The molecule has 20 heavy (non-hydrogen) atoms. The zero-order valence-electron chi connectivity index (χ0n) is 10.8. The number of rotatable bonds is 6. The molecule has 0 heterocycles. The molecule has 0 aliphatic heterocycles. The molecule has 0 aromatic heterocycles. The Balaban J connectivity index is 4.89. The van der Waals surface area contributed by atoms with E-state index < -0.39 is 49.2 Å². The molecule has 0 aromatic rings. The molecular weight excluding hydrogens is 285 g/mol. The summed E-state index contributed by atoms with van der Waals surface area (Å²) in [6.07, 6.45) is -5.58. The van der Waals surface area contributed by atoms with E-state index in [0.29, 0.717) is 4.90 Å². The number of urea groups is 1. The van der Waals surface area contributed by atoms with Crippen molar-refractivity contribution in [2.75, 3.05) is 6.54 Å². The third-order valence-corrected chi connectivity index (χ3v) is 2.21. The number of carboxylic acids is 2. The van der Waals surface area contributed by atoms with E-state index >= 15 is 0 Å². The van der Waals surface area contributed by atoms with Gasteiger partial charge in [0.1, 0.15) is 12.6 Å². The van der Waals surface area contributed by atoms with E-state index in [4.69, 9.17) is 10.2 Å². The van der Waals surface area contributed by atoms with E-state index in [2.05, 4.69) is 0 Å². The minimum absolute atomic E-state index is 0.373. The number of nitrogens with zero attached hydrogens (tertiary/aromatic N) is 1. The molecule has 1 atom stereocenters.